The van der Waals surface area contributed by atoms with Crippen LogP contribution in [0.5, 0.6) is 6.01 Å². The largest absolute Gasteiger partial charge is 0.461 e. The predicted octanol–water partition coefficient (Wildman–Crippen LogP) is 6.36. The standard InChI is InChI=1S/C29H28ClF4N5O2S/c1-28(34)12-38(7-8-40-13-28)26-18-9-19(30)21(17-3-4-20(32)25-24(17)35-15-42-25)22(33)23(18)36-27(37-26)41-14-29-5-2-6-39(29)11-16(31)10-29/h3-4,9,15-16H,2,5-8,10-14H2,1H3/t16-,28?,29+/m1/s1. The Morgan fingerprint density at radius 3 is 2.93 bits per heavy atom. The minimum Gasteiger partial charge on any atom is -0.461 e. The van der Waals surface area contributed by atoms with Gasteiger partial charge in [0.05, 0.1) is 46.0 Å². The van der Waals surface area contributed by atoms with E-state index in [0.29, 0.717) is 25.1 Å². The predicted molar refractivity (Wildman–Crippen MR) is 154 cm³/mol. The maximum Gasteiger partial charge on any atom is 0.319 e. The first kappa shape index (κ1) is 28.0. The van der Waals surface area contributed by atoms with Gasteiger partial charge in [0, 0.05) is 36.0 Å². The van der Waals surface area contributed by atoms with Crippen LogP contribution < -0.4 is 9.64 Å². The first-order valence-corrected chi connectivity index (χ1v) is 15.2. The molecule has 42 heavy (non-hydrogen) atoms. The molecule has 0 radical (unpaired) electrons. The van der Waals surface area contributed by atoms with E-state index in [4.69, 9.17) is 21.1 Å². The topological polar surface area (TPSA) is 63.6 Å². The summed E-state index contributed by atoms with van der Waals surface area (Å²) in [6, 6.07) is 4.13. The molecular weight excluding hydrogens is 594 g/mol. The molecule has 5 heterocycles. The third-order valence-electron chi connectivity index (χ3n) is 8.51. The van der Waals surface area contributed by atoms with Crippen molar-refractivity contribution < 1.29 is 27.0 Å². The molecule has 7 nitrogen and oxygen atoms in total. The van der Waals surface area contributed by atoms with Gasteiger partial charge >= 0.3 is 6.01 Å². The van der Waals surface area contributed by atoms with Gasteiger partial charge in [-0.15, -0.1) is 11.3 Å². The second-order valence-corrected chi connectivity index (χ2v) is 12.9. The third-order valence-corrected chi connectivity index (χ3v) is 9.64. The maximum absolute atomic E-state index is 16.6. The number of nitrogens with zero attached hydrogens (tertiary/aromatic N) is 5. The highest BCUT2D eigenvalue weighted by molar-refractivity contribution is 7.16. The molecule has 2 aromatic heterocycles. The number of hydrogen-bond donors (Lipinski definition) is 0. The number of halogens is 5. The van der Waals surface area contributed by atoms with E-state index in [1.807, 2.05) is 0 Å². The van der Waals surface area contributed by atoms with Gasteiger partial charge in [-0.2, -0.15) is 9.97 Å². The second kappa shape index (κ2) is 10.4. The summed E-state index contributed by atoms with van der Waals surface area (Å²) >= 11 is 7.81. The van der Waals surface area contributed by atoms with Crippen LogP contribution in [0.1, 0.15) is 26.2 Å². The van der Waals surface area contributed by atoms with E-state index >= 15 is 8.78 Å². The van der Waals surface area contributed by atoms with Crippen LogP contribution >= 0.6 is 22.9 Å². The lowest BCUT2D eigenvalue weighted by atomic mass is 9.95. The van der Waals surface area contributed by atoms with Crippen LogP contribution in [0.15, 0.2) is 23.7 Å². The number of ether oxygens (including phenoxy) is 2. The molecular formula is C29H28ClF4N5O2S. The van der Waals surface area contributed by atoms with Crippen molar-refractivity contribution in [1.82, 2.24) is 19.9 Å². The molecule has 3 aliphatic heterocycles. The number of anilines is 1. The Hall–Kier alpha value is -2.80. The van der Waals surface area contributed by atoms with Crippen LogP contribution in [0, 0.1) is 11.6 Å². The van der Waals surface area contributed by atoms with Crippen molar-refractivity contribution in [2.75, 3.05) is 50.9 Å². The van der Waals surface area contributed by atoms with Gasteiger partial charge in [-0.1, -0.05) is 11.6 Å². The molecule has 3 fully saturated rings. The Bertz CT molecular complexity index is 1690. The Labute approximate surface area is 248 Å². The summed E-state index contributed by atoms with van der Waals surface area (Å²) in [4.78, 5) is 17.2. The summed E-state index contributed by atoms with van der Waals surface area (Å²) in [6.07, 6.45) is 1.11. The summed E-state index contributed by atoms with van der Waals surface area (Å²) in [5, 5.41) is 0.321. The molecule has 7 rings (SSSR count). The molecule has 13 heteroatoms. The molecule has 3 atom stereocenters. The average molecular weight is 622 g/mol. The Balaban J connectivity index is 1.37. The summed E-state index contributed by atoms with van der Waals surface area (Å²) in [6.45, 7) is 3.11. The highest BCUT2D eigenvalue weighted by Crippen LogP contribution is 2.43. The molecule has 2 aromatic carbocycles. The van der Waals surface area contributed by atoms with Crippen LogP contribution in [0.4, 0.5) is 23.4 Å². The smallest absolute Gasteiger partial charge is 0.319 e. The van der Waals surface area contributed by atoms with E-state index in [1.54, 1.807) is 11.0 Å². The average Bonchev–Trinajstić information content (AvgIpc) is 3.62. The molecule has 0 aliphatic carbocycles. The zero-order valence-corrected chi connectivity index (χ0v) is 24.4. The minimum atomic E-state index is -1.69. The Kier molecular flexibility index (Phi) is 6.95. The van der Waals surface area contributed by atoms with Gasteiger partial charge in [0.15, 0.2) is 5.82 Å². The zero-order chi connectivity index (χ0) is 29.2. The fraction of sp³-hybridized carbons (Fsp3) is 0.483. The van der Waals surface area contributed by atoms with E-state index in [-0.39, 0.29) is 69.9 Å². The molecule has 1 unspecified atom stereocenters. The van der Waals surface area contributed by atoms with Gasteiger partial charge in [0.2, 0.25) is 0 Å². The van der Waals surface area contributed by atoms with Crippen molar-refractivity contribution >= 4 is 49.9 Å². The number of benzene rings is 2. The molecule has 0 spiro atoms. The van der Waals surface area contributed by atoms with Crippen LogP contribution in [0.3, 0.4) is 0 Å². The fourth-order valence-electron chi connectivity index (χ4n) is 6.64. The molecule has 0 saturated carbocycles. The molecule has 0 bridgehead atoms. The van der Waals surface area contributed by atoms with E-state index in [9.17, 15) is 8.78 Å². The van der Waals surface area contributed by atoms with Crippen molar-refractivity contribution in [3.8, 4) is 17.1 Å². The first-order chi connectivity index (χ1) is 20.1. The lowest BCUT2D eigenvalue weighted by molar-refractivity contribution is 0.0508. The highest BCUT2D eigenvalue weighted by Gasteiger charge is 2.49. The maximum atomic E-state index is 16.6. The van der Waals surface area contributed by atoms with Crippen molar-refractivity contribution in [1.29, 1.82) is 0 Å². The lowest BCUT2D eigenvalue weighted by Crippen LogP contribution is -2.43. The number of thiazole rings is 1. The number of aromatic nitrogens is 3. The van der Waals surface area contributed by atoms with Crippen molar-refractivity contribution in [2.24, 2.45) is 0 Å². The fourth-order valence-corrected chi connectivity index (χ4v) is 7.66. The van der Waals surface area contributed by atoms with Crippen molar-refractivity contribution in [3.05, 3.63) is 40.4 Å². The monoisotopic (exact) mass is 621 g/mol. The van der Waals surface area contributed by atoms with Crippen molar-refractivity contribution in [3.63, 3.8) is 0 Å². The van der Waals surface area contributed by atoms with Crippen LogP contribution in [-0.2, 0) is 4.74 Å². The van der Waals surface area contributed by atoms with Gasteiger partial charge in [-0.25, -0.2) is 22.5 Å². The number of alkyl halides is 2. The molecule has 3 saturated heterocycles. The summed E-state index contributed by atoms with van der Waals surface area (Å²) in [5.74, 6) is -0.967. The number of fused-ring (bicyclic) bond motifs is 3. The number of hydrogen-bond acceptors (Lipinski definition) is 8. The van der Waals surface area contributed by atoms with Crippen LogP contribution in [0.2, 0.25) is 5.02 Å². The van der Waals surface area contributed by atoms with Crippen LogP contribution in [-0.4, -0.2) is 83.2 Å². The SMILES string of the molecule is CC1(F)COCCN(c2nc(OC[C@@]34CCCN3C[C@H](F)C4)nc3c(F)c(-c4ccc(F)c5scnc45)c(Cl)cc23)C1. The molecule has 3 aliphatic rings. The molecule has 222 valence electrons. The Morgan fingerprint density at radius 2 is 2.07 bits per heavy atom. The normalized spacial score (nSPS) is 26.7. The van der Waals surface area contributed by atoms with Gasteiger partial charge in [0.1, 0.15) is 35.6 Å². The summed E-state index contributed by atoms with van der Waals surface area (Å²) in [7, 11) is 0. The summed E-state index contributed by atoms with van der Waals surface area (Å²) < 4.78 is 72.6. The quantitative estimate of drug-likeness (QED) is 0.240. The second-order valence-electron chi connectivity index (χ2n) is 11.6. The molecule has 4 aromatic rings. The third kappa shape index (κ3) is 4.76. The van der Waals surface area contributed by atoms with Gasteiger partial charge in [-0.3, -0.25) is 4.90 Å². The molecule has 0 amide bonds. The van der Waals surface area contributed by atoms with E-state index < -0.39 is 29.0 Å². The minimum absolute atomic E-state index is 0.0156. The van der Waals surface area contributed by atoms with Gasteiger partial charge in [-0.05, 0) is 44.5 Å². The van der Waals surface area contributed by atoms with E-state index in [0.717, 1.165) is 30.7 Å². The highest BCUT2D eigenvalue weighted by atomic mass is 35.5. The van der Waals surface area contributed by atoms with E-state index in [1.165, 1.54) is 24.6 Å². The first-order valence-electron chi connectivity index (χ1n) is 13.9. The zero-order valence-electron chi connectivity index (χ0n) is 22.8. The van der Waals surface area contributed by atoms with Gasteiger partial charge in [0.25, 0.3) is 0 Å². The molecule has 0 N–H and O–H groups in total. The Morgan fingerprint density at radius 1 is 1.21 bits per heavy atom. The summed E-state index contributed by atoms with van der Waals surface area (Å²) in [5.41, 5.74) is -0.136. The van der Waals surface area contributed by atoms with Crippen molar-refractivity contribution in [2.45, 2.75) is 43.6 Å². The number of rotatable bonds is 5. The van der Waals surface area contributed by atoms with Gasteiger partial charge < -0.3 is 14.4 Å². The van der Waals surface area contributed by atoms with Crippen LogP contribution in [0.25, 0.3) is 32.2 Å². The lowest BCUT2D eigenvalue weighted by Gasteiger charge is -2.31. The van der Waals surface area contributed by atoms with E-state index in [2.05, 4.69) is 19.9 Å².